The lowest BCUT2D eigenvalue weighted by atomic mass is 9.64. The molecule has 1 N–H and O–H groups in total. The molecule has 0 saturated heterocycles. The average Bonchev–Trinajstić information content (AvgIpc) is 2.43. The third-order valence-electron chi connectivity index (χ3n) is 4.40. The lowest BCUT2D eigenvalue weighted by molar-refractivity contribution is -0.0794. The van der Waals surface area contributed by atoms with Crippen LogP contribution >= 0.6 is 0 Å². The number of nitrogens with one attached hydrogen (secondary N) is 1. The highest BCUT2D eigenvalue weighted by atomic mass is 32.2. The summed E-state index contributed by atoms with van der Waals surface area (Å²) in [5.74, 6) is 0.130. The average molecular weight is 297 g/mol. The molecule has 2 atom stereocenters. The Morgan fingerprint density at radius 1 is 1.30 bits per heavy atom. The van der Waals surface area contributed by atoms with E-state index in [1.165, 1.54) is 0 Å². The summed E-state index contributed by atoms with van der Waals surface area (Å²) in [6.07, 6.45) is 1.25. The SMILES string of the molecule is CCS(=O)(=O)c1ccc(NC2CC(OC)C2(C)C)cc1. The summed E-state index contributed by atoms with van der Waals surface area (Å²) in [7, 11) is -1.38. The molecule has 1 aliphatic carbocycles. The minimum absolute atomic E-state index is 0.0862. The number of sulfone groups is 1. The molecule has 0 amide bonds. The highest BCUT2D eigenvalue weighted by molar-refractivity contribution is 7.91. The van der Waals surface area contributed by atoms with Gasteiger partial charge in [0.05, 0.1) is 16.8 Å². The summed E-state index contributed by atoms with van der Waals surface area (Å²) >= 11 is 0. The van der Waals surface area contributed by atoms with Gasteiger partial charge >= 0.3 is 0 Å². The molecule has 2 rings (SSSR count). The number of ether oxygens (including phenoxy) is 1. The van der Waals surface area contributed by atoms with Crippen LogP contribution in [-0.4, -0.2) is 33.4 Å². The Balaban J connectivity index is 2.06. The van der Waals surface area contributed by atoms with Gasteiger partial charge in [-0.05, 0) is 30.7 Å². The molecule has 0 aromatic heterocycles. The maximum Gasteiger partial charge on any atom is 0.178 e. The first-order valence-corrected chi connectivity index (χ1v) is 8.58. The van der Waals surface area contributed by atoms with Gasteiger partial charge in [0.15, 0.2) is 9.84 Å². The van der Waals surface area contributed by atoms with Crippen molar-refractivity contribution in [1.82, 2.24) is 0 Å². The first kappa shape index (κ1) is 15.3. The second-order valence-electron chi connectivity index (χ2n) is 5.91. The smallest absolute Gasteiger partial charge is 0.178 e. The molecule has 0 aliphatic heterocycles. The number of anilines is 1. The lowest BCUT2D eigenvalue weighted by Crippen LogP contribution is -2.57. The van der Waals surface area contributed by atoms with E-state index in [1.807, 2.05) is 12.1 Å². The summed E-state index contributed by atoms with van der Waals surface area (Å²) in [4.78, 5) is 0.383. The lowest BCUT2D eigenvalue weighted by Gasteiger charge is -2.51. The van der Waals surface area contributed by atoms with Crippen LogP contribution in [0.4, 0.5) is 5.69 Å². The van der Waals surface area contributed by atoms with Crippen LogP contribution in [0.15, 0.2) is 29.2 Å². The van der Waals surface area contributed by atoms with Gasteiger partial charge in [-0.3, -0.25) is 0 Å². The summed E-state index contributed by atoms with van der Waals surface area (Å²) in [6.45, 7) is 6.01. The van der Waals surface area contributed by atoms with Gasteiger partial charge in [-0.2, -0.15) is 0 Å². The number of hydrogen-bond acceptors (Lipinski definition) is 4. The molecule has 2 unspecified atom stereocenters. The molecule has 1 aromatic carbocycles. The van der Waals surface area contributed by atoms with Crippen LogP contribution in [-0.2, 0) is 14.6 Å². The second-order valence-corrected chi connectivity index (χ2v) is 8.18. The maximum absolute atomic E-state index is 11.7. The van der Waals surface area contributed by atoms with Crippen molar-refractivity contribution in [1.29, 1.82) is 0 Å². The monoisotopic (exact) mass is 297 g/mol. The molecule has 20 heavy (non-hydrogen) atoms. The summed E-state index contributed by atoms with van der Waals surface area (Å²) in [5, 5.41) is 3.45. The van der Waals surface area contributed by atoms with Gasteiger partial charge in [-0.15, -0.1) is 0 Å². The van der Waals surface area contributed by atoms with Gasteiger partial charge < -0.3 is 10.1 Å². The van der Waals surface area contributed by atoms with E-state index in [9.17, 15) is 8.42 Å². The highest BCUT2D eigenvalue weighted by Gasteiger charge is 2.48. The van der Waals surface area contributed by atoms with Crippen LogP contribution in [0, 0.1) is 5.41 Å². The van der Waals surface area contributed by atoms with E-state index < -0.39 is 9.84 Å². The Morgan fingerprint density at radius 3 is 2.35 bits per heavy atom. The van der Waals surface area contributed by atoms with Crippen molar-refractivity contribution in [2.45, 2.75) is 44.2 Å². The van der Waals surface area contributed by atoms with Crippen molar-refractivity contribution in [3.05, 3.63) is 24.3 Å². The quantitative estimate of drug-likeness (QED) is 0.908. The normalized spacial score (nSPS) is 25.0. The third-order valence-corrected chi connectivity index (χ3v) is 6.15. The van der Waals surface area contributed by atoms with E-state index in [1.54, 1.807) is 26.2 Å². The van der Waals surface area contributed by atoms with Crippen LogP contribution in [0.5, 0.6) is 0 Å². The van der Waals surface area contributed by atoms with Crippen LogP contribution in [0.1, 0.15) is 27.2 Å². The van der Waals surface area contributed by atoms with E-state index in [0.29, 0.717) is 10.9 Å². The van der Waals surface area contributed by atoms with Crippen molar-refractivity contribution in [2.24, 2.45) is 5.41 Å². The molecule has 4 nitrogen and oxygen atoms in total. The van der Waals surface area contributed by atoms with Crippen LogP contribution in [0.2, 0.25) is 0 Å². The fourth-order valence-corrected chi connectivity index (χ4v) is 3.54. The summed E-state index contributed by atoms with van der Waals surface area (Å²) in [6, 6.07) is 7.35. The van der Waals surface area contributed by atoms with Gasteiger partial charge in [0.2, 0.25) is 0 Å². The van der Waals surface area contributed by atoms with Gasteiger partial charge in [-0.1, -0.05) is 20.8 Å². The molecule has 112 valence electrons. The van der Waals surface area contributed by atoms with Gasteiger partial charge in [0.1, 0.15) is 0 Å². The summed E-state index contributed by atoms with van der Waals surface area (Å²) in [5.41, 5.74) is 1.04. The molecule has 1 fully saturated rings. The fourth-order valence-electron chi connectivity index (χ4n) is 2.66. The zero-order chi connectivity index (χ0) is 15.0. The van der Waals surface area contributed by atoms with E-state index >= 15 is 0 Å². The number of hydrogen-bond donors (Lipinski definition) is 1. The topological polar surface area (TPSA) is 55.4 Å². The molecule has 1 saturated carbocycles. The maximum atomic E-state index is 11.7. The summed E-state index contributed by atoms with van der Waals surface area (Å²) < 4.78 is 28.9. The van der Waals surface area contributed by atoms with Crippen molar-refractivity contribution in [2.75, 3.05) is 18.2 Å². The van der Waals surface area contributed by atoms with Crippen molar-refractivity contribution in [3.8, 4) is 0 Å². The Labute approximate surface area is 121 Å². The first-order chi connectivity index (χ1) is 9.31. The van der Waals surface area contributed by atoms with E-state index in [0.717, 1.165) is 12.1 Å². The van der Waals surface area contributed by atoms with Crippen LogP contribution in [0.25, 0.3) is 0 Å². The highest BCUT2D eigenvalue weighted by Crippen LogP contribution is 2.44. The number of rotatable bonds is 5. The van der Waals surface area contributed by atoms with Gasteiger partial charge in [0, 0.05) is 24.3 Å². The Morgan fingerprint density at radius 2 is 1.90 bits per heavy atom. The van der Waals surface area contributed by atoms with Crippen molar-refractivity contribution < 1.29 is 13.2 Å². The predicted molar refractivity (Wildman–Crippen MR) is 80.8 cm³/mol. The van der Waals surface area contributed by atoms with Gasteiger partial charge in [0.25, 0.3) is 0 Å². The van der Waals surface area contributed by atoms with E-state index in [4.69, 9.17) is 4.74 Å². The Bertz CT molecular complexity index is 563. The van der Waals surface area contributed by atoms with E-state index in [-0.39, 0.29) is 17.3 Å². The number of methoxy groups -OCH3 is 1. The van der Waals surface area contributed by atoms with Gasteiger partial charge in [-0.25, -0.2) is 8.42 Å². The molecule has 5 heteroatoms. The van der Waals surface area contributed by atoms with Crippen molar-refractivity contribution >= 4 is 15.5 Å². The Hall–Kier alpha value is -1.07. The zero-order valence-electron chi connectivity index (χ0n) is 12.5. The van der Waals surface area contributed by atoms with Crippen molar-refractivity contribution in [3.63, 3.8) is 0 Å². The first-order valence-electron chi connectivity index (χ1n) is 6.93. The minimum Gasteiger partial charge on any atom is -0.382 e. The molecule has 0 spiro atoms. The molecule has 0 radical (unpaired) electrons. The minimum atomic E-state index is -3.12. The standard InChI is InChI=1S/C15H23NO3S/c1-5-20(17,18)12-8-6-11(7-9-12)16-13-10-14(19-4)15(13,2)3/h6-9,13-14,16H,5,10H2,1-4H3. The third kappa shape index (κ3) is 2.69. The van der Waals surface area contributed by atoms with Crippen LogP contribution < -0.4 is 5.32 Å². The fraction of sp³-hybridized carbons (Fsp3) is 0.600. The molecular weight excluding hydrogens is 274 g/mol. The van der Waals surface area contributed by atoms with E-state index in [2.05, 4.69) is 19.2 Å². The largest absolute Gasteiger partial charge is 0.382 e. The molecule has 1 aliphatic rings. The molecule has 0 bridgehead atoms. The molecular formula is C15H23NO3S. The number of benzene rings is 1. The second kappa shape index (κ2) is 5.37. The zero-order valence-corrected chi connectivity index (χ0v) is 13.3. The predicted octanol–water partition coefficient (Wildman–Crippen LogP) is 2.71. The molecule has 1 aromatic rings. The Kier molecular flexibility index (Phi) is 4.12. The van der Waals surface area contributed by atoms with Crippen LogP contribution in [0.3, 0.4) is 0 Å². The molecule has 0 heterocycles.